The minimum absolute atomic E-state index is 0.000769. The van der Waals surface area contributed by atoms with Gasteiger partial charge in [-0.15, -0.1) is 0 Å². The van der Waals surface area contributed by atoms with Crippen LogP contribution < -0.4 is 4.74 Å². The van der Waals surface area contributed by atoms with Crippen molar-refractivity contribution in [1.82, 2.24) is 9.21 Å². The lowest BCUT2D eigenvalue weighted by molar-refractivity contribution is -0.130. The van der Waals surface area contributed by atoms with Crippen LogP contribution in [0, 0.1) is 0 Å². The first-order valence-electron chi connectivity index (χ1n) is 8.42. The highest BCUT2D eigenvalue weighted by molar-refractivity contribution is 7.89. The molecule has 6 nitrogen and oxygen atoms in total. The lowest BCUT2D eigenvalue weighted by Crippen LogP contribution is -2.46. The molecule has 0 aromatic heterocycles. The third-order valence-electron chi connectivity index (χ3n) is 5.03. The van der Waals surface area contributed by atoms with E-state index in [1.165, 1.54) is 17.3 Å². The first kappa shape index (κ1) is 18.5. The molecule has 0 saturated carbocycles. The number of fused-ring (bicyclic) bond motifs is 1. The molecular weight excluding hydrogens is 364 g/mol. The van der Waals surface area contributed by atoms with Gasteiger partial charge in [-0.25, -0.2) is 8.42 Å². The van der Waals surface area contributed by atoms with Crippen LogP contribution in [0.1, 0.15) is 32.3 Å². The third kappa shape index (κ3) is 3.50. The molecule has 0 N–H and O–H groups in total. The van der Waals surface area contributed by atoms with Crippen LogP contribution in [0.15, 0.2) is 17.0 Å². The fraction of sp³-hybridized carbons (Fsp3) is 0.588. The Morgan fingerprint density at radius 1 is 1.32 bits per heavy atom. The van der Waals surface area contributed by atoms with Crippen LogP contribution in [0.4, 0.5) is 0 Å². The predicted molar refractivity (Wildman–Crippen MR) is 95.5 cm³/mol. The SMILES string of the molecule is CC(=O)N(C)C1CCN(S(=O)(=O)c2cc(Cl)c3c(c2)CC(C)O3)CC1. The van der Waals surface area contributed by atoms with Crippen LogP contribution >= 0.6 is 11.6 Å². The molecule has 1 saturated heterocycles. The molecule has 1 fully saturated rings. The molecule has 1 amide bonds. The largest absolute Gasteiger partial charge is 0.489 e. The fourth-order valence-electron chi connectivity index (χ4n) is 3.48. The number of nitrogens with zero attached hydrogens (tertiary/aromatic N) is 2. The first-order valence-corrected chi connectivity index (χ1v) is 10.2. The summed E-state index contributed by atoms with van der Waals surface area (Å²) in [5.74, 6) is 0.593. The minimum Gasteiger partial charge on any atom is -0.489 e. The van der Waals surface area contributed by atoms with Gasteiger partial charge in [0.25, 0.3) is 0 Å². The van der Waals surface area contributed by atoms with Crippen LogP contribution in [-0.4, -0.2) is 55.8 Å². The number of hydrogen-bond donors (Lipinski definition) is 0. The number of piperidine rings is 1. The molecule has 1 atom stereocenters. The standard InChI is InChI=1S/C17H23ClN2O4S/c1-11-8-13-9-15(10-16(18)17(13)24-11)25(22,23)20-6-4-14(5-7-20)19(3)12(2)21/h9-11,14H,4-8H2,1-3H3. The first-order chi connectivity index (χ1) is 11.7. The molecule has 3 rings (SSSR count). The van der Waals surface area contributed by atoms with Crippen molar-refractivity contribution in [2.24, 2.45) is 0 Å². The van der Waals surface area contributed by atoms with Gasteiger partial charge in [-0.2, -0.15) is 4.31 Å². The molecular formula is C17H23ClN2O4S. The molecule has 1 unspecified atom stereocenters. The predicted octanol–water partition coefficient (Wildman–Crippen LogP) is 2.29. The minimum atomic E-state index is -3.60. The van der Waals surface area contributed by atoms with Gasteiger partial charge in [0.1, 0.15) is 11.9 Å². The van der Waals surface area contributed by atoms with Crippen LogP contribution in [-0.2, 0) is 21.2 Å². The summed E-state index contributed by atoms with van der Waals surface area (Å²) in [7, 11) is -1.84. The summed E-state index contributed by atoms with van der Waals surface area (Å²) in [4.78, 5) is 13.4. The highest BCUT2D eigenvalue weighted by Gasteiger charge is 2.33. The summed E-state index contributed by atoms with van der Waals surface area (Å²) in [5.41, 5.74) is 0.838. The quantitative estimate of drug-likeness (QED) is 0.799. The number of ether oxygens (including phenoxy) is 1. The number of hydrogen-bond acceptors (Lipinski definition) is 4. The number of carbonyl (C=O) groups excluding carboxylic acids is 1. The Hall–Kier alpha value is -1.31. The van der Waals surface area contributed by atoms with Gasteiger partial charge in [0.2, 0.25) is 15.9 Å². The second-order valence-corrected chi connectivity index (χ2v) is 9.14. The van der Waals surface area contributed by atoms with Crippen molar-refractivity contribution < 1.29 is 17.9 Å². The Balaban J connectivity index is 1.79. The molecule has 0 bridgehead atoms. The number of halogens is 1. The topological polar surface area (TPSA) is 66.9 Å². The zero-order valence-electron chi connectivity index (χ0n) is 14.7. The summed E-state index contributed by atoms with van der Waals surface area (Å²) in [6, 6.07) is 3.23. The highest BCUT2D eigenvalue weighted by Crippen LogP contribution is 2.38. The maximum Gasteiger partial charge on any atom is 0.243 e. The van der Waals surface area contributed by atoms with Crippen LogP contribution in [0.5, 0.6) is 5.75 Å². The molecule has 25 heavy (non-hydrogen) atoms. The molecule has 2 heterocycles. The van der Waals surface area contributed by atoms with Gasteiger partial charge in [0, 0.05) is 45.1 Å². The van der Waals surface area contributed by atoms with Crippen LogP contribution in [0.3, 0.4) is 0 Å². The molecule has 1 aromatic rings. The van der Waals surface area contributed by atoms with E-state index >= 15 is 0 Å². The number of benzene rings is 1. The van der Waals surface area contributed by atoms with Crippen molar-refractivity contribution in [2.45, 2.75) is 50.2 Å². The molecule has 2 aliphatic rings. The van der Waals surface area contributed by atoms with Crippen molar-refractivity contribution >= 4 is 27.5 Å². The van der Waals surface area contributed by atoms with Gasteiger partial charge in [-0.1, -0.05) is 11.6 Å². The van der Waals surface area contributed by atoms with Gasteiger partial charge < -0.3 is 9.64 Å². The van der Waals surface area contributed by atoms with E-state index in [9.17, 15) is 13.2 Å². The van der Waals surface area contributed by atoms with Gasteiger partial charge in [0.05, 0.1) is 9.92 Å². The smallest absolute Gasteiger partial charge is 0.243 e. The Morgan fingerprint density at radius 2 is 1.96 bits per heavy atom. The number of amides is 1. The number of carbonyl (C=O) groups is 1. The van der Waals surface area contributed by atoms with E-state index < -0.39 is 10.0 Å². The maximum atomic E-state index is 13.0. The Labute approximate surface area is 153 Å². The van der Waals surface area contributed by atoms with E-state index in [1.54, 1.807) is 18.0 Å². The second-order valence-electron chi connectivity index (χ2n) is 6.79. The van der Waals surface area contributed by atoms with E-state index in [0.29, 0.717) is 43.1 Å². The average Bonchev–Trinajstić information content (AvgIpc) is 2.95. The summed E-state index contributed by atoms with van der Waals surface area (Å²) in [5, 5.41) is 0.339. The summed E-state index contributed by atoms with van der Waals surface area (Å²) < 4.78 is 33.1. The number of sulfonamides is 1. The summed E-state index contributed by atoms with van der Waals surface area (Å²) >= 11 is 6.23. The van der Waals surface area contributed by atoms with Crippen molar-refractivity contribution in [3.63, 3.8) is 0 Å². The van der Waals surface area contributed by atoms with Crippen molar-refractivity contribution in [1.29, 1.82) is 0 Å². The van der Waals surface area contributed by atoms with Crippen molar-refractivity contribution in [3.8, 4) is 5.75 Å². The zero-order chi connectivity index (χ0) is 18.4. The molecule has 0 spiro atoms. The van der Waals surface area contributed by atoms with Gasteiger partial charge in [-0.3, -0.25) is 4.79 Å². The monoisotopic (exact) mass is 386 g/mol. The van der Waals surface area contributed by atoms with Gasteiger partial charge in [0.15, 0.2) is 0 Å². The molecule has 8 heteroatoms. The summed E-state index contributed by atoms with van der Waals surface area (Å²) in [6.07, 6.45) is 1.93. The Bertz CT molecular complexity index is 788. The fourth-order valence-corrected chi connectivity index (χ4v) is 5.38. The Morgan fingerprint density at radius 3 is 2.56 bits per heavy atom. The van der Waals surface area contributed by atoms with E-state index in [0.717, 1.165) is 5.56 Å². The molecule has 0 aliphatic carbocycles. The lowest BCUT2D eigenvalue weighted by atomic mass is 10.1. The molecule has 138 valence electrons. The van der Waals surface area contributed by atoms with Crippen molar-refractivity contribution in [2.75, 3.05) is 20.1 Å². The molecule has 1 aromatic carbocycles. The number of rotatable bonds is 3. The van der Waals surface area contributed by atoms with Crippen LogP contribution in [0.25, 0.3) is 0 Å². The molecule has 2 aliphatic heterocycles. The third-order valence-corrected chi connectivity index (χ3v) is 7.18. The molecule has 0 radical (unpaired) electrons. The highest BCUT2D eigenvalue weighted by atomic mass is 35.5. The van der Waals surface area contributed by atoms with Gasteiger partial charge >= 0.3 is 0 Å². The maximum absolute atomic E-state index is 13.0. The lowest BCUT2D eigenvalue weighted by Gasteiger charge is -2.35. The average molecular weight is 387 g/mol. The summed E-state index contributed by atoms with van der Waals surface area (Å²) in [6.45, 7) is 4.25. The van der Waals surface area contributed by atoms with E-state index in [4.69, 9.17) is 16.3 Å². The second kappa shape index (κ2) is 6.78. The van der Waals surface area contributed by atoms with Crippen LogP contribution in [0.2, 0.25) is 5.02 Å². The van der Waals surface area contributed by atoms with E-state index in [-0.39, 0.29) is 22.9 Å². The van der Waals surface area contributed by atoms with E-state index in [1.807, 2.05) is 6.92 Å². The normalized spacial score (nSPS) is 21.7. The van der Waals surface area contributed by atoms with E-state index in [2.05, 4.69) is 0 Å². The van der Waals surface area contributed by atoms with Gasteiger partial charge in [-0.05, 0) is 31.9 Å². The zero-order valence-corrected chi connectivity index (χ0v) is 16.2. The Kier molecular flexibility index (Phi) is 5.01. The van der Waals surface area contributed by atoms with Crippen molar-refractivity contribution in [3.05, 3.63) is 22.7 Å².